The van der Waals surface area contributed by atoms with Crippen molar-refractivity contribution in [2.45, 2.75) is 11.8 Å². The van der Waals surface area contributed by atoms with Crippen LogP contribution in [0.1, 0.15) is 21.7 Å². The first-order chi connectivity index (χ1) is 17.3. The van der Waals surface area contributed by atoms with E-state index in [4.69, 9.17) is 4.42 Å². The maximum atomic E-state index is 13.5. The van der Waals surface area contributed by atoms with Gasteiger partial charge in [-0.3, -0.25) is 4.79 Å². The van der Waals surface area contributed by atoms with Gasteiger partial charge in [-0.1, -0.05) is 29.6 Å². The number of hydrogen-bond acceptors (Lipinski definition) is 7. The van der Waals surface area contributed by atoms with Gasteiger partial charge in [0.25, 0.3) is 5.91 Å². The number of aryl methyl sites for hydroxylation is 1. The topological polar surface area (TPSA) is 96.1 Å². The smallest absolute Gasteiger partial charge is 0.280 e. The summed E-state index contributed by atoms with van der Waals surface area (Å²) in [5.74, 6) is 0.00213. The Morgan fingerprint density at radius 1 is 1.11 bits per heavy atom. The molecule has 0 bridgehead atoms. The van der Waals surface area contributed by atoms with Crippen LogP contribution in [0.2, 0.25) is 0 Å². The zero-order valence-electron chi connectivity index (χ0n) is 19.6. The summed E-state index contributed by atoms with van der Waals surface area (Å²) in [7, 11) is -3.79. The Morgan fingerprint density at radius 3 is 2.47 bits per heavy atom. The number of rotatable bonds is 10. The molecule has 0 unspecified atom stereocenters. The van der Waals surface area contributed by atoms with Crippen LogP contribution in [0.4, 0.5) is 5.13 Å². The van der Waals surface area contributed by atoms with E-state index in [0.29, 0.717) is 10.9 Å². The van der Waals surface area contributed by atoms with Gasteiger partial charge in [0.1, 0.15) is 5.76 Å². The summed E-state index contributed by atoms with van der Waals surface area (Å²) < 4.78 is 33.5. The molecular weight excluding hydrogens is 496 g/mol. The van der Waals surface area contributed by atoms with Crippen LogP contribution < -0.4 is 5.01 Å². The highest BCUT2D eigenvalue weighted by Crippen LogP contribution is 2.31. The maximum absolute atomic E-state index is 13.5. The van der Waals surface area contributed by atoms with Crippen LogP contribution in [-0.2, 0) is 10.0 Å². The number of carbonyl (C=O) groups excluding carboxylic acids is 1. The Labute approximate surface area is 213 Å². The molecule has 0 saturated heterocycles. The van der Waals surface area contributed by atoms with Crippen molar-refractivity contribution in [2.24, 2.45) is 5.10 Å². The Morgan fingerprint density at radius 2 is 1.83 bits per heavy atom. The molecule has 4 rings (SSSR count). The number of nitrogens with zero attached hydrogens (tertiary/aromatic N) is 4. The molecule has 0 aliphatic rings. The van der Waals surface area contributed by atoms with Crippen molar-refractivity contribution in [3.8, 4) is 0 Å². The number of thiazole rings is 1. The first-order valence-corrected chi connectivity index (χ1v) is 13.2. The van der Waals surface area contributed by atoms with Gasteiger partial charge in [0.05, 0.1) is 27.6 Å². The summed E-state index contributed by atoms with van der Waals surface area (Å²) in [4.78, 5) is 18.1. The lowest BCUT2D eigenvalue weighted by molar-refractivity contribution is 0.0987. The molecule has 36 heavy (non-hydrogen) atoms. The number of anilines is 1. The van der Waals surface area contributed by atoms with Crippen molar-refractivity contribution >= 4 is 48.8 Å². The predicted octanol–water partition coefficient (Wildman–Crippen LogP) is 5.24. The quantitative estimate of drug-likeness (QED) is 0.162. The van der Waals surface area contributed by atoms with Crippen molar-refractivity contribution in [1.29, 1.82) is 0 Å². The zero-order chi connectivity index (χ0) is 25.7. The molecule has 2 aromatic carbocycles. The molecule has 0 radical (unpaired) electrons. The number of hydrazone groups is 1. The normalized spacial score (nSPS) is 11.8. The van der Waals surface area contributed by atoms with E-state index < -0.39 is 15.9 Å². The van der Waals surface area contributed by atoms with Gasteiger partial charge in [-0.05, 0) is 61.0 Å². The van der Waals surface area contributed by atoms with E-state index in [1.165, 1.54) is 69.5 Å². The van der Waals surface area contributed by atoms with Crippen molar-refractivity contribution in [2.75, 3.05) is 18.1 Å². The van der Waals surface area contributed by atoms with Gasteiger partial charge in [0.15, 0.2) is 0 Å². The molecule has 10 heteroatoms. The minimum Gasteiger partial charge on any atom is -0.463 e. The Hall–Kier alpha value is -3.86. The molecule has 0 spiro atoms. The molecule has 0 fully saturated rings. The molecule has 0 atom stereocenters. The molecule has 0 aliphatic carbocycles. The van der Waals surface area contributed by atoms with E-state index in [-0.39, 0.29) is 23.5 Å². The molecule has 0 aliphatic heterocycles. The van der Waals surface area contributed by atoms with Crippen LogP contribution in [-0.4, -0.2) is 42.9 Å². The summed E-state index contributed by atoms with van der Waals surface area (Å²) in [6.07, 6.45) is 5.95. The first kappa shape index (κ1) is 25.2. The minimum atomic E-state index is -3.79. The van der Waals surface area contributed by atoms with Gasteiger partial charge in [0, 0.05) is 18.7 Å². The van der Waals surface area contributed by atoms with Gasteiger partial charge in [-0.2, -0.15) is 14.4 Å². The van der Waals surface area contributed by atoms with Crippen LogP contribution in [0.25, 0.3) is 10.2 Å². The second kappa shape index (κ2) is 10.8. The second-order valence-corrected chi connectivity index (χ2v) is 10.7. The lowest BCUT2D eigenvalue weighted by Crippen LogP contribution is -2.31. The van der Waals surface area contributed by atoms with E-state index in [9.17, 15) is 13.2 Å². The van der Waals surface area contributed by atoms with E-state index in [1.54, 1.807) is 12.1 Å². The molecule has 0 N–H and O–H groups in total. The fourth-order valence-corrected chi connectivity index (χ4v) is 5.78. The Balaban J connectivity index is 1.68. The predicted molar refractivity (Wildman–Crippen MR) is 143 cm³/mol. The Kier molecular flexibility index (Phi) is 7.58. The van der Waals surface area contributed by atoms with E-state index in [0.717, 1.165) is 15.8 Å². The van der Waals surface area contributed by atoms with Crippen molar-refractivity contribution < 1.29 is 17.6 Å². The maximum Gasteiger partial charge on any atom is 0.280 e. The fourth-order valence-electron chi connectivity index (χ4n) is 3.38. The number of benzene rings is 2. The number of amides is 1. The van der Waals surface area contributed by atoms with Crippen LogP contribution in [0.3, 0.4) is 0 Å². The molecule has 184 valence electrons. The summed E-state index contributed by atoms with van der Waals surface area (Å²) in [6, 6.07) is 15.0. The molecule has 4 aromatic rings. The van der Waals surface area contributed by atoms with E-state index >= 15 is 0 Å². The molecule has 2 aromatic heterocycles. The van der Waals surface area contributed by atoms with Gasteiger partial charge in [0.2, 0.25) is 15.2 Å². The van der Waals surface area contributed by atoms with Gasteiger partial charge in [-0.15, -0.1) is 13.2 Å². The highest BCUT2D eigenvalue weighted by atomic mass is 32.2. The van der Waals surface area contributed by atoms with Crippen molar-refractivity contribution in [3.63, 3.8) is 0 Å². The van der Waals surface area contributed by atoms with Gasteiger partial charge in [-0.25, -0.2) is 13.4 Å². The first-order valence-electron chi connectivity index (χ1n) is 10.9. The number of hydrogen-bond donors (Lipinski definition) is 0. The third-order valence-corrected chi connectivity index (χ3v) is 7.99. The lowest BCUT2D eigenvalue weighted by atomic mass is 10.2. The monoisotopic (exact) mass is 520 g/mol. The van der Waals surface area contributed by atoms with Crippen LogP contribution in [0.5, 0.6) is 0 Å². The number of sulfonamides is 1. The number of aromatic nitrogens is 1. The largest absolute Gasteiger partial charge is 0.463 e. The van der Waals surface area contributed by atoms with E-state index in [1.807, 2.05) is 25.1 Å². The van der Waals surface area contributed by atoms with Gasteiger partial charge >= 0.3 is 0 Å². The summed E-state index contributed by atoms with van der Waals surface area (Å²) in [6.45, 7) is 9.50. The average Bonchev–Trinajstić information content (AvgIpc) is 3.53. The van der Waals surface area contributed by atoms with Gasteiger partial charge < -0.3 is 4.42 Å². The third kappa shape index (κ3) is 5.35. The SMILES string of the molecule is C=CCN(CC=C)S(=O)(=O)c1ccc(C(=O)N(/N=C/c2ccco2)c2nc3ccc(C)cc3s2)cc1. The lowest BCUT2D eigenvalue weighted by Gasteiger charge is -2.19. The Bertz CT molecular complexity index is 1510. The van der Waals surface area contributed by atoms with Crippen LogP contribution in [0.15, 0.2) is 101 Å². The molecular formula is C26H24N4O4S2. The standard InChI is InChI=1S/C26H24N4O4S2/c1-4-14-29(15-5-2)36(32,33)22-11-9-20(10-12-22)25(31)30(27-18-21-7-6-16-34-21)26-28-23-13-8-19(3)17-24(23)35-26/h4-13,16-18H,1-2,14-15H2,3H3/b27-18+. The second-order valence-electron chi connectivity index (χ2n) is 7.77. The molecule has 1 amide bonds. The highest BCUT2D eigenvalue weighted by molar-refractivity contribution is 7.89. The van der Waals surface area contributed by atoms with Crippen LogP contribution >= 0.6 is 11.3 Å². The van der Waals surface area contributed by atoms with Crippen molar-refractivity contribution in [1.82, 2.24) is 9.29 Å². The summed E-state index contributed by atoms with van der Waals surface area (Å²) >= 11 is 1.33. The van der Waals surface area contributed by atoms with Crippen LogP contribution in [0, 0.1) is 6.92 Å². The number of fused-ring (bicyclic) bond motifs is 1. The minimum absolute atomic E-state index is 0.0591. The zero-order valence-corrected chi connectivity index (χ0v) is 21.2. The highest BCUT2D eigenvalue weighted by Gasteiger charge is 2.25. The summed E-state index contributed by atoms with van der Waals surface area (Å²) in [5, 5.41) is 5.91. The third-order valence-electron chi connectivity index (χ3n) is 5.15. The average molecular weight is 521 g/mol. The molecule has 0 saturated carbocycles. The molecule has 2 heterocycles. The molecule has 8 nitrogen and oxygen atoms in total. The van der Waals surface area contributed by atoms with Crippen molar-refractivity contribution in [3.05, 3.63) is 103 Å². The number of furan rings is 1. The number of carbonyl (C=O) groups is 1. The van der Waals surface area contributed by atoms with E-state index in [2.05, 4.69) is 23.2 Å². The fraction of sp³-hybridized carbons (Fsp3) is 0.115. The summed E-state index contributed by atoms with van der Waals surface area (Å²) in [5.41, 5.74) is 2.07.